The monoisotopic (exact) mass is 204 g/mol. The zero-order valence-corrected chi connectivity index (χ0v) is 7.73. The smallest absolute Gasteiger partial charge is 0.271 e. The molecule has 0 aliphatic rings. The fourth-order valence-corrected chi connectivity index (χ4v) is 1.33. The average Bonchev–Trinajstić information content (AvgIpc) is 1.94. The molecule has 0 heterocycles. The molecule has 13 heavy (non-hydrogen) atoms. The third-order valence-corrected chi connectivity index (χ3v) is 1.94. The van der Waals surface area contributed by atoms with Crippen LogP contribution in [-0.4, -0.2) is 8.42 Å². The first-order valence-electron chi connectivity index (χ1n) is 3.45. The van der Waals surface area contributed by atoms with Gasteiger partial charge in [0.15, 0.2) is 0 Å². The van der Waals surface area contributed by atoms with Gasteiger partial charge in [0.25, 0.3) is 10.2 Å². The number of benzene rings is 1. The molecule has 0 atom stereocenters. The van der Waals surface area contributed by atoms with Crippen molar-refractivity contribution in [1.29, 1.82) is 0 Å². The minimum Gasteiger partial charge on any atom is -0.271 e. The molecule has 6 heteroatoms. The van der Waals surface area contributed by atoms with Gasteiger partial charge in [-0.05, 0) is 30.7 Å². The summed E-state index contributed by atoms with van der Waals surface area (Å²) in [5, 5.41) is 4.72. The summed E-state index contributed by atoms with van der Waals surface area (Å²) in [6.07, 6.45) is 0. The molecule has 1 aromatic carbocycles. The number of nitrogens with one attached hydrogen (secondary N) is 1. The number of anilines is 1. The van der Waals surface area contributed by atoms with Crippen molar-refractivity contribution < 1.29 is 12.8 Å². The fraction of sp³-hybridized carbons (Fsp3) is 0.143. The Bertz CT molecular complexity index is 417. The van der Waals surface area contributed by atoms with Crippen LogP contribution in [-0.2, 0) is 10.2 Å². The number of rotatable bonds is 2. The maximum Gasteiger partial charge on any atom is 0.296 e. The summed E-state index contributed by atoms with van der Waals surface area (Å²) < 4.78 is 35.9. The number of nitrogens with two attached hydrogens (primary N) is 1. The van der Waals surface area contributed by atoms with Gasteiger partial charge in [0.1, 0.15) is 5.82 Å². The van der Waals surface area contributed by atoms with E-state index in [9.17, 15) is 12.8 Å². The first-order valence-corrected chi connectivity index (χ1v) is 5.00. The maximum absolute atomic E-state index is 12.7. The first kappa shape index (κ1) is 9.94. The SMILES string of the molecule is Cc1cc(NS(N)(=O)=O)ccc1F. The molecule has 0 unspecified atom stereocenters. The van der Waals surface area contributed by atoms with Crippen molar-refractivity contribution in [2.24, 2.45) is 5.14 Å². The van der Waals surface area contributed by atoms with Gasteiger partial charge in [-0.25, -0.2) is 9.53 Å². The van der Waals surface area contributed by atoms with E-state index in [0.29, 0.717) is 5.56 Å². The summed E-state index contributed by atoms with van der Waals surface area (Å²) in [7, 11) is -3.78. The van der Waals surface area contributed by atoms with E-state index < -0.39 is 10.2 Å². The topological polar surface area (TPSA) is 72.2 Å². The molecular weight excluding hydrogens is 195 g/mol. The van der Waals surface area contributed by atoms with Crippen LogP contribution >= 0.6 is 0 Å². The van der Waals surface area contributed by atoms with Gasteiger partial charge >= 0.3 is 0 Å². The van der Waals surface area contributed by atoms with Gasteiger partial charge < -0.3 is 0 Å². The molecule has 3 N–H and O–H groups in total. The number of hydrogen-bond donors (Lipinski definition) is 2. The van der Waals surface area contributed by atoms with E-state index in [2.05, 4.69) is 0 Å². The zero-order valence-electron chi connectivity index (χ0n) is 6.91. The lowest BCUT2D eigenvalue weighted by Gasteiger charge is -2.04. The van der Waals surface area contributed by atoms with E-state index in [-0.39, 0.29) is 11.5 Å². The van der Waals surface area contributed by atoms with Crippen molar-refractivity contribution >= 4 is 15.9 Å². The van der Waals surface area contributed by atoms with Crippen LogP contribution in [0, 0.1) is 12.7 Å². The van der Waals surface area contributed by atoms with Gasteiger partial charge in [-0.3, -0.25) is 4.72 Å². The van der Waals surface area contributed by atoms with Gasteiger partial charge in [0, 0.05) is 0 Å². The van der Waals surface area contributed by atoms with E-state index in [4.69, 9.17) is 5.14 Å². The number of aryl methyl sites for hydroxylation is 1. The molecule has 0 aliphatic heterocycles. The van der Waals surface area contributed by atoms with Gasteiger partial charge in [-0.15, -0.1) is 0 Å². The number of halogens is 1. The van der Waals surface area contributed by atoms with Crippen LogP contribution in [0.5, 0.6) is 0 Å². The Morgan fingerprint density at radius 1 is 1.46 bits per heavy atom. The van der Waals surface area contributed by atoms with Crippen LogP contribution in [0.4, 0.5) is 10.1 Å². The minimum atomic E-state index is -3.78. The summed E-state index contributed by atoms with van der Waals surface area (Å²) in [5.74, 6) is -0.389. The van der Waals surface area contributed by atoms with Crippen LogP contribution in [0.2, 0.25) is 0 Å². The normalized spacial score (nSPS) is 11.3. The lowest BCUT2D eigenvalue weighted by molar-refractivity contribution is 0.602. The molecule has 4 nitrogen and oxygen atoms in total. The van der Waals surface area contributed by atoms with Crippen LogP contribution in [0.15, 0.2) is 18.2 Å². The van der Waals surface area contributed by atoms with Crippen molar-refractivity contribution in [2.75, 3.05) is 4.72 Å². The zero-order chi connectivity index (χ0) is 10.1. The average molecular weight is 204 g/mol. The Labute approximate surface area is 75.7 Å². The molecule has 0 amide bonds. The van der Waals surface area contributed by atoms with E-state index in [1.807, 2.05) is 4.72 Å². The van der Waals surface area contributed by atoms with Crippen LogP contribution in [0.3, 0.4) is 0 Å². The van der Waals surface area contributed by atoms with Gasteiger partial charge in [0.2, 0.25) is 0 Å². The summed E-state index contributed by atoms with van der Waals surface area (Å²) in [5.41, 5.74) is 0.607. The molecule has 0 spiro atoms. The van der Waals surface area contributed by atoms with Crippen molar-refractivity contribution in [3.05, 3.63) is 29.6 Å². The second-order valence-corrected chi connectivity index (χ2v) is 3.91. The molecule has 0 saturated carbocycles. The lowest BCUT2D eigenvalue weighted by atomic mass is 10.2. The highest BCUT2D eigenvalue weighted by Gasteiger charge is 2.03. The molecule has 0 bridgehead atoms. The summed E-state index contributed by atoms with van der Waals surface area (Å²) in [6.45, 7) is 1.53. The van der Waals surface area contributed by atoms with Crippen molar-refractivity contribution in [1.82, 2.24) is 0 Å². The molecule has 0 radical (unpaired) electrons. The second kappa shape index (κ2) is 3.31. The van der Waals surface area contributed by atoms with Gasteiger partial charge in [0.05, 0.1) is 5.69 Å². The first-order chi connectivity index (χ1) is 5.88. The Morgan fingerprint density at radius 3 is 2.54 bits per heavy atom. The Kier molecular flexibility index (Phi) is 2.53. The Balaban J connectivity index is 2.99. The lowest BCUT2D eigenvalue weighted by Crippen LogP contribution is -2.21. The third-order valence-electron chi connectivity index (χ3n) is 1.42. The quantitative estimate of drug-likeness (QED) is 0.746. The van der Waals surface area contributed by atoms with E-state index in [1.165, 1.54) is 25.1 Å². The third kappa shape index (κ3) is 3.00. The number of hydrogen-bond acceptors (Lipinski definition) is 2. The predicted molar refractivity (Wildman–Crippen MR) is 47.9 cm³/mol. The van der Waals surface area contributed by atoms with Crippen LogP contribution in [0.1, 0.15) is 5.56 Å². The van der Waals surface area contributed by atoms with E-state index in [0.717, 1.165) is 0 Å². The summed E-state index contributed by atoms with van der Waals surface area (Å²) >= 11 is 0. The highest BCUT2D eigenvalue weighted by molar-refractivity contribution is 7.90. The van der Waals surface area contributed by atoms with Gasteiger partial charge in [-0.2, -0.15) is 8.42 Å². The van der Waals surface area contributed by atoms with Crippen molar-refractivity contribution in [3.8, 4) is 0 Å². The van der Waals surface area contributed by atoms with Crippen molar-refractivity contribution in [3.63, 3.8) is 0 Å². The van der Waals surface area contributed by atoms with Crippen molar-refractivity contribution in [2.45, 2.75) is 6.92 Å². The fourth-order valence-electron chi connectivity index (χ4n) is 0.872. The Morgan fingerprint density at radius 2 is 2.08 bits per heavy atom. The molecule has 0 saturated heterocycles. The maximum atomic E-state index is 12.7. The molecule has 1 rings (SSSR count). The highest BCUT2D eigenvalue weighted by Crippen LogP contribution is 2.13. The van der Waals surface area contributed by atoms with Crippen LogP contribution < -0.4 is 9.86 Å². The molecule has 72 valence electrons. The second-order valence-electron chi connectivity index (χ2n) is 2.61. The van der Waals surface area contributed by atoms with Crippen LogP contribution in [0.25, 0.3) is 0 Å². The molecule has 0 aromatic heterocycles. The summed E-state index contributed by atoms with van der Waals surface area (Å²) in [6, 6.07) is 3.83. The largest absolute Gasteiger partial charge is 0.296 e. The van der Waals surface area contributed by atoms with E-state index >= 15 is 0 Å². The molecule has 0 aliphatic carbocycles. The highest BCUT2D eigenvalue weighted by atomic mass is 32.2. The standard InChI is InChI=1S/C7H9FN2O2S/c1-5-4-6(2-3-7(5)8)10-13(9,11)12/h2-4,10H,1H3,(H2,9,11,12). The molecular formula is C7H9FN2O2S. The van der Waals surface area contributed by atoms with E-state index in [1.54, 1.807) is 0 Å². The molecule has 0 fully saturated rings. The predicted octanol–water partition coefficient (Wildman–Crippen LogP) is 0.750. The molecule has 1 aromatic rings. The van der Waals surface area contributed by atoms with Gasteiger partial charge in [-0.1, -0.05) is 0 Å². The summed E-state index contributed by atoms with van der Waals surface area (Å²) in [4.78, 5) is 0. The Hall–Kier alpha value is -1.14. The minimum absolute atomic E-state index is 0.251.